The van der Waals surface area contributed by atoms with Crippen molar-refractivity contribution in [3.8, 4) is 11.3 Å². The first-order valence-corrected chi connectivity index (χ1v) is 9.05. The molecule has 0 radical (unpaired) electrons. The number of hydrogen-bond donors (Lipinski definition) is 1. The van der Waals surface area contributed by atoms with Crippen LogP contribution in [0.3, 0.4) is 0 Å². The Morgan fingerprint density at radius 3 is 2.48 bits per heavy atom. The predicted octanol–water partition coefficient (Wildman–Crippen LogP) is 3.98. The third-order valence-electron chi connectivity index (χ3n) is 4.57. The van der Waals surface area contributed by atoms with Gasteiger partial charge in [0.1, 0.15) is 6.04 Å². The van der Waals surface area contributed by atoms with E-state index >= 15 is 0 Å². The number of aromatic nitrogens is 2. The minimum absolute atomic E-state index is 0.272. The Morgan fingerprint density at radius 1 is 1.07 bits per heavy atom. The van der Waals surface area contributed by atoms with Crippen molar-refractivity contribution in [2.45, 2.75) is 33.2 Å². The van der Waals surface area contributed by atoms with Crippen LogP contribution in [0.4, 0.5) is 5.69 Å². The van der Waals surface area contributed by atoms with E-state index < -0.39 is 6.04 Å². The van der Waals surface area contributed by atoms with E-state index in [2.05, 4.69) is 10.4 Å². The van der Waals surface area contributed by atoms with Gasteiger partial charge in [0, 0.05) is 17.3 Å². The summed E-state index contributed by atoms with van der Waals surface area (Å²) in [4.78, 5) is 25.0. The highest BCUT2D eigenvalue weighted by atomic mass is 16.2. The molecule has 0 aliphatic heterocycles. The molecule has 2 aromatic carbocycles. The van der Waals surface area contributed by atoms with Gasteiger partial charge in [-0.05, 0) is 38.0 Å². The predicted molar refractivity (Wildman–Crippen MR) is 108 cm³/mol. The number of carbonyl (C=O) groups excluding carboxylic acids is 1. The summed E-state index contributed by atoms with van der Waals surface area (Å²) in [5.74, 6) is -0.272. The smallest absolute Gasteiger partial charge is 0.267 e. The first-order valence-electron chi connectivity index (χ1n) is 9.05. The molecule has 5 nitrogen and oxygen atoms in total. The molecule has 27 heavy (non-hydrogen) atoms. The summed E-state index contributed by atoms with van der Waals surface area (Å²) >= 11 is 0. The van der Waals surface area contributed by atoms with E-state index in [9.17, 15) is 9.59 Å². The number of anilines is 1. The maximum absolute atomic E-state index is 12.7. The third kappa shape index (κ3) is 4.14. The molecule has 5 heteroatoms. The minimum Gasteiger partial charge on any atom is -0.324 e. The number of rotatable bonds is 5. The zero-order valence-corrected chi connectivity index (χ0v) is 15.8. The second-order valence-corrected chi connectivity index (χ2v) is 6.54. The van der Waals surface area contributed by atoms with Gasteiger partial charge in [-0.3, -0.25) is 9.59 Å². The molecule has 138 valence electrons. The number of carbonyl (C=O) groups is 1. The van der Waals surface area contributed by atoms with Gasteiger partial charge in [0.25, 0.3) is 5.56 Å². The summed E-state index contributed by atoms with van der Waals surface area (Å²) in [5, 5.41) is 7.34. The molecule has 0 fully saturated rings. The molecule has 0 unspecified atom stereocenters. The van der Waals surface area contributed by atoms with Gasteiger partial charge in [-0.15, -0.1) is 0 Å². The standard InChI is InChI=1S/C22H23N3O2/c1-4-17-7-5-6-8-19(17)23-22(27)16(3)25-21(26)14-13-20(24-25)18-11-9-15(2)10-12-18/h5-14,16H,4H2,1-3H3,(H,23,27)/t16-/m0/s1. The minimum atomic E-state index is -0.729. The van der Waals surface area contributed by atoms with Gasteiger partial charge in [-0.1, -0.05) is 55.0 Å². The van der Waals surface area contributed by atoms with Crippen molar-refractivity contribution in [3.63, 3.8) is 0 Å². The van der Waals surface area contributed by atoms with E-state index in [-0.39, 0.29) is 11.5 Å². The largest absolute Gasteiger partial charge is 0.324 e. The fraction of sp³-hybridized carbons (Fsp3) is 0.227. The SMILES string of the molecule is CCc1ccccc1NC(=O)[C@H](C)n1nc(-c2ccc(C)cc2)ccc1=O. The highest BCUT2D eigenvalue weighted by molar-refractivity contribution is 5.94. The molecule has 0 spiro atoms. The molecule has 1 atom stereocenters. The molecule has 3 aromatic rings. The van der Waals surface area contributed by atoms with Crippen molar-refractivity contribution >= 4 is 11.6 Å². The molecule has 0 bridgehead atoms. The number of amides is 1. The summed E-state index contributed by atoms with van der Waals surface area (Å²) in [6.07, 6.45) is 0.811. The van der Waals surface area contributed by atoms with Gasteiger partial charge < -0.3 is 5.32 Å². The van der Waals surface area contributed by atoms with Crippen LogP contribution in [0.25, 0.3) is 11.3 Å². The van der Waals surface area contributed by atoms with Crippen LogP contribution in [0.1, 0.15) is 31.0 Å². The van der Waals surface area contributed by atoms with Crippen molar-refractivity contribution in [3.05, 3.63) is 82.1 Å². The molecule has 1 amide bonds. The van der Waals surface area contributed by atoms with Gasteiger partial charge in [0.2, 0.25) is 5.91 Å². The lowest BCUT2D eigenvalue weighted by atomic mass is 10.1. The number of nitrogens with zero attached hydrogens (tertiary/aromatic N) is 2. The Balaban J connectivity index is 1.88. The lowest BCUT2D eigenvalue weighted by molar-refractivity contribution is -0.119. The molecule has 1 N–H and O–H groups in total. The third-order valence-corrected chi connectivity index (χ3v) is 4.57. The summed E-state index contributed by atoms with van der Waals surface area (Å²) in [5.41, 5.74) is 4.21. The molecule has 1 heterocycles. The van der Waals surface area contributed by atoms with Crippen molar-refractivity contribution in [2.75, 3.05) is 5.32 Å². The quantitative estimate of drug-likeness (QED) is 0.747. The highest BCUT2D eigenvalue weighted by Crippen LogP contribution is 2.19. The van der Waals surface area contributed by atoms with Gasteiger partial charge >= 0.3 is 0 Å². The summed E-state index contributed by atoms with van der Waals surface area (Å²) in [6, 6.07) is 17.9. The summed E-state index contributed by atoms with van der Waals surface area (Å²) in [7, 11) is 0. The Kier molecular flexibility index (Phi) is 5.50. The van der Waals surface area contributed by atoms with Gasteiger partial charge in [-0.25, -0.2) is 4.68 Å². The van der Waals surface area contributed by atoms with Gasteiger partial charge in [0.05, 0.1) is 5.69 Å². The molecular weight excluding hydrogens is 338 g/mol. The fourth-order valence-corrected chi connectivity index (χ4v) is 2.88. The maximum atomic E-state index is 12.7. The first-order chi connectivity index (χ1) is 13.0. The molecule has 1 aromatic heterocycles. The Morgan fingerprint density at radius 2 is 1.78 bits per heavy atom. The van der Waals surface area contributed by atoms with E-state index in [0.717, 1.165) is 28.8 Å². The van der Waals surface area contributed by atoms with Crippen molar-refractivity contribution < 1.29 is 4.79 Å². The second-order valence-electron chi connectivity index (χ2n) is 6.54. The van der Waals surface area contributed by atoms with Crippen LogP contribution in [0, 0.1) is 6.92 Å². The summed E-state index contributed by atoms with van der Waals surface area (Å²) in [6.45, 7) is 5.72. The fourth-order valence-electron chi connectivity index (χ4n) is 2.88. The zero-order valence-electron chi connectivity index (χ0n) is 15.8. The normalized spacial score (nSPS) is 11.8. The lowest BCUT2D eigenvalue weighted by Gasteiger charge is -2.16. The molecule has 0 saturated carbocycles. The van der Waals surface area contributed by atoms with E-state index in [1.165, 1.54) is 10.7 Å². The van der Waals surface area contributed by atoms with Crippen LogP contribution >= 0.6 is 0 Å². The van der Waals surface area contributed by atoms with Crippen LogP contribution in [-0.2, 0) is 11.2 Å². The Hall–Kier alpha value is -3.21. The van der Waals surface area contributed by atoms with Crippen molar-refractivity contribution in [1.82, 2.24) is 9.78 Å². The average Bonchev–Trinajstić information content (AvgIpc) is 2.69. The number of nitrogens with one attached hydrogen (secondary N) is 1. The number of para-hydroxylation sites is 1. The van der Waals surface area contributed by atoms with Crippen LogP contribution in [0.15, 0.2) is 65.5 Å². The number of aryl methyl sites for hydroxylation is 2. The average molecular weight is 361 g/mol. The first kappa shape index (κ1) is 18.6. The maximum Gasteiger partial charge on any atom is 0.267 e. The highest BCUT2D eigenvalue weighted by Gasteiger charge is 2.19. The molecule has 0 aliphatic carbocycles. The zero-order chi connectivity index (χ0) is 19.4. The van der Waals surface area contributed by atoms with Gasteiger partial charge in [-0.2, -0.15) is 5.10 Å². The van der Waals surface area contributed by atoms with E-state index in [1.54, 1.807) is 13.0 Å². The Bertz CT molecular complexity index is 1010. The van der Waals surface area contributed by atoms with Crippen LogP contribution in [0.2, 0.25) is 0 Å². The lowest BCUT2D eigenvalue weighted by Crippen LogP contribution is -2.33. The van der Waals surface area contributed by atoms with E-state index in [1.807, 2.05) is 62.4 Å². The topological polar surface area (TPSA) is 64.0 Å². The monoisotopic (exact) mass is 361 g/mol. The van der Waals surface area contributed by atoms with Crippen molar-refractivity contribution in [2.24, 2.45) is 0 Å². The van der Waals surface area contributed by atoms with E-state index in [4.69, 9.17) is 0 Å². The van der Waals surface area contributed by atoms with Crippen molar-refractivity contribution in [1.29, 1.82) is 0 Å². The van der Waals surface area contributed by atoms with Crippen LogP contribution < -0.4 is 10.9 Å². The molecule has 0 saturated heterocycles. The molecule has 0 aliphatic rings. The number of benzene rings is 2. The summed E-state index contributed by atoms with van der Waals surface area (Å²) < 4.78 is 1.24. The Labute approximate surface area is 158 Å². The van der Waals surface area contributed by atoms with E-state index in [0.29, 0.717) is 5.69 Å². The number of hydrogen-bond acceptors (Lipinski definition) is 3. The van der Waals surface area contributed by atoms with Crippen LogP contribution in [-0.4, -0.2) is 15.7 Å². The molecular formula is C22H23N3O2. The molecule has 3 rings (SSSR count). The second kappa shape index (κ2) is 7.99. The van der Waals surface area contributed by atoms with Crippen LogP contribution in [0.5, 0.6) is 0 Å². The van der Waals surface area contributed by atoms with Gasteiger partial charge in [0.15, 0.2) is 0 Å².